The second-order valence-corrected chi connectivity index (χ2v) is 4.11. The Morgan fingerprint density at radius 2 is 1.82 bits per heavy atom. The van der Waals surface area contributed by atoms with Crippen LogP contribution in [0.4, 0.5) is 5.69 Å². The van der Waals surface area contributed by atoms with Gasteiger partial charge in [0.05, 0.1) is 5.52 Å². The van der Waals surface area contributed by atoms with E-state index in [1.54, 1.807) is 0 Å². The predicted molar refractivity (Wildman–Crippen MR) is 70.6 cm³/mol. The molecule has 3 aromatic rings. The number of benzene rings is 2. The molecule has 0 aliphatic carbocycles. The average molecular weight is 223 g/mol. The van der Waals surface area contributed by atoms with Crippen molar-refractivity contribution in [2.75, 3.05) is 5.73 Å². The number of anilines is 1. The first kappa shape index (κ1) is 9.90. The van der Waals surface area contributed by atoms with Gasteiger partial charge in [-0.1, -0.05) is 30.3 Å². The molecule has 0 bridgehead atoms. The monoisotopic (exact) mass is 223 g/mol. The maximum atomic E-state index is 5.80. The minimum Gasteiger partial charge on any atom is -0.399 e. The van der Waals surface area contributed by atoms with Gasteiger partial charge in [-0.3, -0.25) is 4.68 Å². The molecule has 1 aromatic heterocycles. The van der Waals surface area contributed by atoms with Gasteiger partial charge in [-0.2, -0.15) is 5.10 Å². The van der Waals surface area contributed by atoms with Crippen molar-refractivity contribution in [3.8, 4) is 11.3 Å². The van der Waals surface area contributed by atoms with Gasteiger partial charge in [0, 0.05) is 23.7 Å². The predicted octanol–water partition coefficient (Wildman–Crippen LogP) is 2.82. The summed E-state index contributed by atoms with van der Waals surface area (Å²) in [4.78, 5) is 0. The van der Waals surface area contributed by atoms with E-state index in [1.807, 2.05) is 48.1 Å². The van der Waals surface area contributed by atoms with Crippen LogP contribution in [0.3, 0.4) is 0 Å². The molecule has 0 saturated heterocycles. The van der Waals surface area contributed by atoms with Gasteiger partial charge in [0.15, 0.2) is 0 Å². The molecule has 17 heavy (non-hydrogen) atoms. The van der Waals surface area contributed by atoms with Gasteiger partial charge in [-0.25, -0.2) is 0 Å². The summed E-state index contributed by atoms with van der Waals surface area (Å²) in [6.45, 7) is 0. The molecule has 0 aliphatic rings. The molecule has 0 radical (unpaired) electrons. The molecule has 2 aromatic carbocycles. The number of fused-ring (bicyclic) bond motifs is 1. The van der Waals surface area contributed by atoms with Gasteiger partial charge in [0.2, 0.25) is 0 Å². The van der Waals surface area contributed by atoms with Gasteiger partial charge >= 0.3 is 0 Å². The van der Waals surface area contributed by atoms with Crippen LogP contribution in [-0.2, 0) is 7.05 Å². The van der Waals surface area contributed by atoms with Crippen LogP contribution in [0.2, 0.25) is 0 Å². The Morgan fingerprint density at radius 3 is 2.59 bits per heavy atom. The highest BCUT2D eigenvalue weighted by Gasteiger charge is 2.09. The molecule has 0 saturated carbocycles. The summed E-state index contributed by atoms with van der Waals surface area (Å²) in [5.74, 6) is 0. The minimum atomic E-state index is 0.764. The fraction of sp³-hybridized carbons (Fsp3) is 0.0714. The first-order valence-electron chi connectivity index (χ1n) is 5.53. The Labute approximate surface area is 99.5 Å². The Morgan fingerprint density at radius 1 is 1.06 bits per heavy atom. The number of rotatable bonds is 1. The topological polar surface area (TPSA) is 43.8 Å². The molecular weight excluding hydrogens is 210 g/mol. The largest absolute Gasteiger partial charge is 0.399 e. The molecule has 0 atom stereocenters. The van der Waals surface area contributed by atoms with Crippen LogP contribution in [0.1, 0.15) is 0 Å². The number of aryl methyl sites for hydroxylation is 1. The van der Waals surface area contributed by atoms with Crippen molar-refractivity contribution in [3.63, 3.8) is 0 Å². The molecule has 3 rings (SSSR count). The SMILES string of the molecule is Cn1nc(-c2ccccc2)c2ccc(N)cc21. The van der Waals surface area contributed by atoms with Crippen LogP contribution >= 0.6 is 0 Å². The van der Waals surface area contributed by atoms with E-state index in [4.69, 9.17) is 5.73 Å². The zero-order valence-corrected chi connectivity index (χ0v) is 9.59. The summed E-state index contributed by atoms with van der Waals surface area (Å²) in [5, 5.41) is 5.69. The number of hydrogen-bond donors (Lipinski definition) is 1. The highest BCUT2D eigenvalue weighted by Crippen LogP contribution is 2.28. The van der Waals surface area contributed by atoms with Gasteiger partial charge in [0.25, 0.3) is 0 Å². The highest BCUT2D eigenvalue weighted by atomic mass is 15.3. The van der Waals surface area contributed by atoms with E-state index in [0.717, 1.165) is 27.8 Å². The van der Waals surface area contributed by atoms with E-state index >= 15 is 0 Å². The molecule has 3 heteroatoms. The normalized spacial score (nSPS) is 10.9. The van der Waals surface area contributed by atoms with Crippen molar-refractivity contribution in [2.45, 2.75) is 0 Å². The summed E-state index contributed by atoms with van der Waals surface area (Å²) < 4.78 is 1.87. The summed E-state index contributed by atoms with van der Waals surface area (Å²) in [6.07, 6.45) is 0. The second kappa shape index (κ2) is 3.63. The van der Waals surface area contributed by atoms with Crippen LogP contribution in [0, 0.1) is 0 Å². The third-order valence-electron chi connectivity index (χ3n) is 2.92. The average Bonchev–Trinajstić information content (AvgIpc) is 2.68. The Kier molecular flexibility index (Phi) is 2.11. The number of nitrogens with zero attached hydrogens (tertiary/aromatic N) is 2. The fourth-order valence-corrected chi connectivity index (χ4v) is 2.08. The van der Waals surface area contributed by atoms with E-state index in [2.05, 4.69) is 17.2 Å². The van der Waals surface area contributed by atoms with Crippen molar-refractivity contribution < 1.29 is 0 Å². The maximum Gasteiger partial charge on any atom is 0.100 e. The smallest absolute Gasteiger partial charge is 0.100 e. The van der Waals surface area contributed by atoms with Gasteiger partial charge < -0.3 is 5.73 Å². The van der Waals surface area contributed by atoms with Crippen LogP contribution in [0.15, 0.2) is 48.5 Å². The molecule has 0 amide bonds. The zero-order valence-electron chi connectivity index (χ0n) is 9.59. The van der Waals surface area contributed by atoms with Gasteiger partial charge in [-0.05, 0) is 18.2 Å². The highest BCUT2D eigenvalue weighted by molar-refractivity contribution is 5.94. The Balaban J connectivity index is 2.32. The van der Waals surface area contributed by atoms with Crippen molar-refractivity contribution >= 4 is 16.6 Å². The number of hydrogen-bond acceptors (Lipinski definition) is 2. The van der Waals surface area contributed by atoms with Crippen LogP contribution in [-0.4, -0.2) is 9.78 Å². The van der Waals surface area contributed by atoms with E-state index in [0.29, 0.717) is 0 Å². The molecule has 0 aliphatic heterocycles. The van der Waals surface area contributed by atoms with E-state index < -0.39 is 0 Å². The van der Waals surface area contributed by atoms with Gasteiger partial charge in [0.1, 0.15) is 5.69 Å². The minimum absolute atomic E-state index is 0.764. The maximum absolute atomic E-state index is 5.80. The number of aromatic nitrogens is 2. The standard InChI is InChI=1S/C14H13N3/c1-17-13-9-11(15)7-8-12(13)14(16-17)10-5-3-2-4-6-10/h2-9H,15H2,1H3. The number of nitrogen functional groups attached to an aromatic ring is 1. The fourth-order valence-electron chi connectivity index (χ4n) is 2.08. The Hall–Kier alpha value is -2.29. The lowest BCUT2D eigenvalue weighted by molar-refractivity contribution is 0.801. The molecule has 84 valence electrons. The van der Waals surface area contributed by atoms with Crippen molar-refractivity contribution in [1.29, 1.82) is 0 Å². The molecule has 0 unspecified atom stereocenters. The van der Waals surface area contributed by atoms with E-state index in [-0.39, 0.29) is 0 Å². The third-order valence-corrected chi connectivity index (χ3v) is 2.92. The van der Waals surface area contributed by atoms with Crippen LogP contribution < -0.4 is 5.73 Å². The van der Waals surface area contributed by atoms with E-state index in [1.165, 1.54) is 0 Å². The summed E-state index contributed by atoms with van der Waals surface area (Å²) in [7, 11) is 1.94. The van der Waals surface area contributed by atoms with E-state index in [9.17, 15) is 0 Å². The second-order valence-electron chi connectivity index (χ2n) is 4.11. The lowest BCUT2D eigenvalue weighted by atomic mass is 10.1. The molecule has 0 fully saturated rings. The first-order chi connectivity index (χ1) is 8.25. The molecule has 1 heterocycles. The lowest BCUT2D eigenvalue weighted by Gasteiger charge is -1.97. The lowest BCUT2D eigenvalue weighted by Crippen LogP contribution is -1.90. The molecule has 0 spiro atoms. The molecular formula is C14H13N3. The van der Waals surface area contributed by atoms with Crippen molar-refractivity contribution in [1.82, 2.24) is 9.78 Å². The summed E-state index contributed by atoms with van der Waals surface area (Å²) in [6, 6.07) is 16.1. The van der Waals surface area contributed by atoms with Crippen LogP contribution in [0.25, 0.3) is 22.2 Å². The summed E-state index contributed by atoms with van der Waals surface area (Å²) in [5.41, 5.74) is 9.75. The quantitative estimate of drug-likeness (QED) is 0.645. The Bertz CT molecular complexity index is 669. The van der Waals surface area contributed by atoms with Crippen molar-refractivity contribution in [2.24, 2.45) is 7.05 Å². The molecule has 3 nitrogen and oxygen atoms in total. The summed E-state index contributed by atoms with van der Waals surface area (Å²) >= 11 is 0. The zero-order chi connectivity index (χ0) is 11.8. The van der Waals surface area contributed by atoms with Crippen LogP contribution in [0.5, 0.6) is 0 Å². The first-order valence-corrected chi connectivity index (χ1v) is 5.53. The molecule has 2 N–H and O–H groups in total. The third kappa shape index (κ3) is 1.56. The van der Waals surface area contributed by atoms with Crippen molar-refractivity contribution in [3.05, 3.63) is 48.5 Å². The number of nitrogens with two attached hydrogens (primary N) is 1. The van der Waals surface area contributed by atoms with Gasteiger partial charge in [-0.15, -0.1) is 0 Å².